The zero-order chi connectivity index (χ0) is 17.4. The van der Waals surface area contributed by atoms with Gasteiger partial charge < -0.3 is 20.8 Å². The molecule has 2 rings (SSSR count). The first-order valence-electron chi connectivity index (χ1n) is 5.92. The normalized spacial score (nSPS) is 12.0. The Balaban J connectivity index is 2.61. The minimum absolute atomic E-state index is 0.217. The van der Waals surface area contributed by atoms with Crippen molar-refractivity contribution in [2.75, 3.05) is 11.5 Å². The zero-order valence-corrected chi connectivity index (χ0v) is 13.0. The second-order valence-electron chi connectivity index (χ2n) is 4.38. The topological polar surface area (TPSA) is 170 Å². The smallest absolute Gasteiger partial charge is 0.343 e. The molecule has 0 aliphatic heterocycles. The van der Waals surface area contributed by atoms with Crippen molar-refractivity contribution in [3.8, 4) is 11.5 Å². The van der Waals surface area contributed by atoms with Crippen molar-refractivity contribution in [2.45, 2.75) is 9.79 Å². The van der Waals surface area contributed by atoms with Crippen LogP contribution >= 0.6 is 0 Å². The second-order valence-corrected chi connectivity index (χ2v) is 7.29. The van der Waals surface area contributed by atoms with Crippen LogP contribution in [0.1, 0.15) is 0 Å². The average Bonchev–Trinajstić information content (AvgIpc) is 2.42. The molecule has 2 aromatic rings. The SMILES string of the molecule is Nc1cccc(S(=O)(=O)Oc2c(N)cccc2S(=O)(=O)O)c1O. The van der Waals surface area contributed by atoms with Crippen molar-refractivity contribution in [1.29, 1.82) is 0 Å². The van der Waals surface area contributed by atoms with Gasteiger partial charge in [-0.2, -0.15) is 16.8 Å². The summed E-state index contributed by atoms with van der Waals surface area (Å²) in [5.74, 6) is -1.53. The predicted molar refractivity (Wildman–Crippen MR) is 81.0 cm³/mol. The summed E-state index contributed by atoms with van der Waals surface area (Å²) < 4.78 is 60.9. The van der Waals surface area contributed by atoms with Crippen LogP contribution in [0.15, 0.2) is 46.2 Å². The molecule has 0 aliphatic rings. The van der Waals surface area contributed by atoms with E-state index >= 15 is 0 Å². The molecule has 0 saturated carbocycles. The fourth-order valence-corrected chi connectivity index (χ4v) is 3.51. The number of phenols is 1. The Morgan fingerprint density at radius 1 is 0.870 bits per heavy atom. The van der Waals surface area contributed by atoms with E-state index in [1.807, 2.05) is 0 Å². The minimum atomic E-state index is -4.79. The number of para-hydroxylation sites is 2. The van der Waals surface area contributed by atoms with Crippen LogP contribution in [0.2, 0.25) is 0 Å². The van der Waals surface area contributed by atoms with Gasteiger partial charge in [0.1, 0.15) is 9.79 Å². The highest BCUT2D eigenvalue weighted by molar-refractivity contribution is 7.87. The summed E-state index contributed by atoms with van der Waals surface area (Å²) in [7, 11) is -9.44. The van der Waals surface area contributed by atoms with Gasteiger partial charge in [0.2, 0.25) is 0 Å². The van der Waals surface area contributed by atoms with Crippen LogP contribution in [0.25, 0.3) is 0 Å². The van der Waals surface area contributed by atoms with Gasteiger partial charge in [-0.3, -0.25) is 4.55 Å². The first kappa shape index (κ1) is 16.9. The number of nitrogen functional groups attached to an aromatic ring is 2. The molecule has 0 bridgehead atoms. The zero-order valence-electron chi connectivity index (χ0n) is 11.4. The minimum Gasteiger partial charge on any atom is -0.504 e. The molecule has 6 N–H and O–H groups in total. The van der Waals surface area contributed by atoms with Crippen LogP contribution in [0.4, 0.5) is 11.4 Å². The molecule has 23 heavy (non-hydrogen) atoms. The highest BCUT2D eigenvalue weighted by Gasteiger charge is 2.27. The molecule has 0 atom stereocenters. The highest BCUT2D eigenvalue weighted by atomic mass is 32.2. The molecule has 2 aromatic carbocycles. The summed E-state index contributed by atoms with van der Waals surface area (Å²) in [5, 5.41) is 9.73. The van der Waals surface area contributed by atoms with E-state index in [9.17, 15) is 21.9 Å². The van der Waals surface area contributed by atoms with Crippen LogP contribution in [0.3, 0.4) is 0 Å². The van der Waals surface area contributed by atoms with E-state index in [1.54, 1.807) is 0 Å². The standard InChI is InChI=1S/C12H12N2O7S2/c13-7-3-1-5-9(11(7)15)23(19,20)21-12-8(14)4-2-6-10(12)22(16,17)18/h1-6,15H,13-14H2,(H,16,17,18). The van der Waals surface area contributed by atoms with Crippen molar-refractivity contribution in [2.24, 2.45) is 0 Å². The lowest BCUT2D eigenvalue weighted by Crippen LogP contribution is -2.14. The maximum atomic E-state index is 12.2. The molecule has 0 aliphatic carbocycles. The molecule has 0 aromatic heterocycles. The lowest BCUT2D eigenvalue weighted by Gasteiger charge is -2.13. The van der Waals surface area contributed by atoms with Gasteiger partial charge in [0.15, 0.2) is 11.5 Å². The Labute approximate surface area is 132 Å². The summed E-state index contributed by atoms with van der Waals surface area (Å²) in [6.07, 6.45) is 0. The Morgan fingerprint density at radius 3 is 1.96 bits per heavy atom. The maximum Gasteiger partial charge on any atom is 0.343 e. The summed E-state index contributed by atoms with van der Waals surface area (Å²) in [4.78, 5) is -1.51. The molecular formula is C12H12N2O7S2. The number of nitrogens with two attached hydrogens (primary N) is 2. The number of hydrogen-bond donors (Lipinski definition) is 4. The van der Waals surface area contributed by atoms with Crippen molar-refractivity contribution in [3.05, 3.63) is 36.4 Å². The van der Waals surface area contributed by atoms with E-state index in [1.165, 1.54) is 24.3 Å². The fourth-order valence-electron chi connectivity index (χ4n) is 1.72. The number of anilines is 2. The third-order valence-electron chi connectivity index (χ3n) is 2.78. The van der Waals surface area contributed by atoms with Gasteiger partial charge >= 0.3 is 10.1 Å². The van der Waals surface area contributed by atoms with Crippen LogP contribution in [-0.4, -0.2) is 26.5 Å². The van der Waals surface area contributed by atoms with E-state index in [2.05, 4.69) is 0 Å². The molecular weight excluding hydrogens is 348 g/mol. The van der Waals surface area contributed by atoms with E-state index in [0.29, 0.717) is 0 Å². The first-order chi connectivity index (χ1) is 10.5. The number of rotatable bonds is 4. The van der Waals surface area contributed by atoms with E-state index in [0.717, 1.165) is 12.1 Å². The second kappa shape index (κ2) is 5.61. The maximum absolute atomic E-state index is 12.2. The van der Waals surface area contributed by atoms with Gasteiger partial charge in [-0.05, 0) is 24.3 Å². The molecule has 0 heterocycles. The van der Waals surface area contributed by atoms with Gasteiger partial charge in [-0.1, -0.05) is 12.1 Å². The van der Waals surface area contributed by atoms with Gasteiger partial charge in [0.05, 0.1) is 11.4 Å². The van der Waals surface area contributed by atoms with Crippen molar-refractivity contribution in [1.82, 2.24) is 0 Å². The molecule has 0 amide bonds. The summed E-state index contributed by atoms with van der Waals surface area (Å²) in [6, 6.07) is 6.80. The number of aromatic hydroxyl groups is 1. The third kappa shape index (κ3) is 3.31. The van der Waals surface area contributed by atoms with Crippen LogP contribution in [-0.2, 0) is 20.2 Å². The number of hydrogen-bond acceptors (Lipinski definition) is 8. The van der Waals surface area contributed by atoms with Crippen LogP contribution in [0.5, 0.6) is 11.5 Å². The van der Waals surface area contributed by atoms with Crippen molar-refractivity contribution in [3.63, 3.8) is 0 Å². The number of benzene rings is 2. The molecule has 124 valence electrons. The third-order valence-corrected chi connectivity index (χ3v) is 4.91. The molecule has 9 nitrogen and oxygen atoms in total. The molecule has 0 saturated heterocycles. The lowest BCUT2D eigenvalue weighted by atomic mass is 10.3. The average molecular weight is 360 g/mol. The van der Waals surface area contributed by atoms with Crippen molar-refractivity contribution < 1.29 is 30.7 Å². The van der Waals surface area contributed by atoms with Gasteiger partial charge in [0.25, 0.3) is 10.1 Å². The molecule has 0 unspecified atom stereocenters. The van der Waals surface area contributed by atoms with Gasteiger partial charge in [-0.15, -0.1) is 0 Å². The summed E-state index contributed by atoms with van der Waals surface area (Å²) in [5.41, 5.74) is 10.4. The summed E-state index contributed by atoms with van der Waals surface area (Å²) >= 11 is 0. The molecule has 11 heteroatoms. The summed E-state index contributed by atoms with van der Waals surface area (Å²) in [6.45, 7) is 0. The van der Waals surface area contributed by atoms with Crippen molar-refractivity contribution >= 4 is 31.6 Å². The largest absolute Gasteiger partial charge is 0.504 e. The Bertz CT molecular complexity index is 969. The molecule has 0 fully saturated rings. The monoisotopic (exact) mass is 360 g/mol. The van der Waals surface area contributed by atoms with Gasteiger partial charge in [0, 0.05) is 0 Å². The molecule has 0 spiro atoms. The Kier molecular flexibility index (Phi) is 4.11. The van der Waals surface area contributed by atoms with E-state index < -0.39 is 41.5 Å². The lowest BCUT2D eigenvalue weighted by molar-refractivity contribution is 0.443. The highest BCUT2D eigenvalue weighted by Crippen LogP contribution is 2.35. The quantitative estimate of drug-likeness (QED) is 0.263. The van der Waals surface area contributed by atoms with E-state index in [-0.39, 0.29) is 11.4 Å². The predicted octanol–water partition coefficient (Wildman–Crippen LogP) is 0.571. The first-order valence-corrected chi connectivity index (χ1v) is 8.77. The van der Waals surface area contributed by atoms with E-state index in [4.69, 9.17) is 20.2 Å². The molecule has 0 radical (unpaired) electrons. The van der Waals surface area contributed by atoms with Crippen LogP contribution in [0, 0.1) is 0 Å². The van der Waals surface area contributed by atoms with Crippen LogP contribution < -0.4 is 15.7 Å². The Morgan fingerprint density at radius 2 is 1.39 bits per heavy atom. The number of phenolic OH excluding ortho intramolecular Hbond substituents is 1. The Hall–Kier alpha value is -2.50. The fraction of sp³-hybridized carbons (Fsp3) is 0. The van der Waals surface area contributed by atoms with Gasteiger partial charge in [-0.25, -0.2) is 0 Å².